The Labute approximate surface area is 160 Å². The van der Waals surface area contributed by atoms with Crippen LogP contribution in [0.5, 0.6) is 0 Å². The van der Waals surface area contributed by atoms with Crippen molar-refractivity contribution in [3.05, 3.63) is 47.4 Å². The predicted octanol–water partition coefficient (Wildman–Crippen LogP) is 2.57. The molecule has 0 amide bonds. The van der Waals surface area contributed by atoms with Gasteiger partial charge in [0.25, 0.3) is 10.0 Å². The van der Waals surface area contributed by atoms with Gasteiger partial charge in [0, 0.05) is 24.3 Å². The first-order valence-corrected chi connectivity index (χ1v) is 9.96. The number of fused-ring (bicyclic) bond motifs is 2. The topological polar surface area (TPSA) is 94.1 Å². The summed E-state index contributed by atoms with van der Waals surface area (Å²) >= 11 is 6.06. The highest BCUT2D eigenvalue weighted by molar-refractivity contribution is 7.90. The van der Waals surface area contributed by atoms with Gasteiger partial charge in [-0.05, 0) is 54.6 Å². The van der Waals surface area contributed by atoms with Crippen LogP contribution >= 0.6 is 11.6 Å². The van der Waals surface area contributed by atoms with E-state index in [1.807, 2.05) is 25.1 Å². The lowest BCUT2D eigenvalue weighted by atomic mass is 10.1. The molecule has 0 spiro atoms. The second-order valence-corrected chi connectivity index (χ2v) is 8.60. The summed E-state index contributed by atoms with van der Waals surface area (Å²) in [6.45, 7) is 0.792. The highest BCUT2D eigenvalue weighted by atomic mass is 35.5. The van der Waals surface area contributed by atoms with Crippen LogP contribution in [0, 0.1) is 0 Å². The van der Waals surface area contributed by atoms with Crippen molar-refractivity contribution in [3.8, 4) is 0 Å². The zero-order valence-corrected chi connectivity index (χ0v) is 16.2. The van der Waals surface area contributed by atoms with E-state index in [-0.39, 0.29) is 21.0 Å². The summed E-state index contributed by atoms with van der Waals surface area (Å²) in [6, 6.07) is 4.70. The minimum absolute atomic E-state index is 0.0249. The third-order valence-corrected chi connectivity index (χ3v) is 6.36. The summed E-state index contributed by atoms with van der Waals surface area (Å²) in [7, 11) is -0.0112. The molecular formula is C17H16ClN5O3S. The summed E-state index contributed by atoms with van der Waals surface area (Å²) in [5.74, 6) is 0. The van der Waals surface area contributed by atoms with Gasteiger partial charge in [-0.25, -0.2) is 17.0 Å². The fourth-order valence-corrected chi connectivity index (χ4v) is 4.67. The van der Waals surface area contributed by atoms with Gasteiger partial charge in [0.15, 0.2) is 11.0 Å². The maximum Gasteiger partial charge on any atom is 0.270 e. The Morgan fingerprint density at radius 1 is 1.19 bits per heavy atom. The Morgan fingerprint density at radius 3 is 2.74 bits per heavy atom. The molecule has 8 nitrogen and oxygen atoms in total. The average molecular weight is 406 g/mol. The van der Waals surface area contributed by atoms with Crippen LogP contribution in [0.4, 0.5) is 0 Å². The molecule has 0 bridgehead atoms. The molecule has 0 aliphatic heterocycles. The van der Waals surface area contributed by atoms with Crippen LogP contribution in [0.15, 0.2) is 46.3 Å². The lowest BCUT2D eigenvalue weighted by Crippen LogP contribution is -2.15. The van der Waals surface area contributed by atoms with Gasteiger partial charge < -0.3 is 4.90 Å². The van der Waals surface area contributed by atoms with Crippen LogP contribution in [-0.2, 0) is 16.4 Å². The number of aromatic nitrogens is 4. The van der Waals surface area contributed by atoms with Gasteiger partial charge in [-0.1, -0.05) is 11.6 Å². The molecule has 0 aliphatic carbocycles. The van der Waals surface area contributed by atoms with E-state index >= 15 is 0 Å². The molecule has 4 aromatic rings. The van der Waals surface area contributed by atoms with Gasteiger partial charge in [-0.15, -0.1) is 0 Å². The number of hydrogen-bond donors (Lipinski definition) is 0. The number of hydrogen-bond acceptors (Lipinski definition) is 7. The van der Waals surface area contributed by atoms with E-state index in [1.54, 1.807) is 18.6 Å². The number of likely N-dealkylation sites (N-methyl/N-ethyl adjacent to an activating group) is 1. The normalized spacial score (nSPS) is 12.4. The molecule has 0 fully saturated rings. The molecule has 3 aromatic heterocycles. The maximum atomic E-state index is 13.4. The van der Waals surface area contributed by atoms with Gasteiger partial charge in [0.05, 0.1) is 16.7 Å². The second-order valence-electron chi connectivity index (χ2n) is 6.41. The average Bonchev–Trinajstić information content (AvgIpc) is 3.26. The molecule has 4 rings (SSSR count). The summed E-state index contributed by atoms with van der Waals surface area (Å²) < 4.78 is 32.7. The largest absolute Gasteiger partial charge is 0.309 e. The van der Waals surface area contributed by atoms with Crippen molar-refractivity contribution in [2.24, 2.45) is 0 Å². The smallest absolute Gasteiger partial charge is 0.270 e. The number of nitrogens with zero attached hydrogens (tertiary/aromatic N) is 5. The molecule has 0 atom stereocenters. The first kappa shape index (κ1) is 17.9. The Morgan fingerprint density at radius 2 is 1.96 bits per heavy atom. The summed E-state index contributed by atoms with van der Waals surface area (Å²) in [5, 5.41) is 8.55. The molecule has 10 heteroatoms. The van der Waals surface area contributed by atoms with E-state index < -0.39 is 10.0 Å². The predicted molar refractivity (Wildman–Crippen MR) is 101 cm³/mol. The van der Waals surface area contributed by atoms with Crippen molar-refractivity contribution in [2.45, 2.75) is 11.3 Å². The van der Waals surface area contributed by atoms with Crippen LogP contribution in [0.3, 0.4) is 0 Å². The lowest BCUT2D eigenvalue weighted by Gasteiger charge is -2.08. The van der Waals surface area contributed by atoms with E-state index in [0.29, 0.717) is 11.9 Å². The van der Waals surface area contributed by atoms with Crippen molar-refractivity contribution >= 4 is 43.6 Å². The van der Waals surface area contributed by atoms with Crippen LogP contribution < -0.4 is 0 Å². The fraction of sp³-hybridized carbons (Fsp3) is 0.235. The molecular weight excluding hydrogens is 390 g/mol. The van der Waals surface area contributed by atoms with Gasteiger partial charge in [-0.2, -0.15) is 0 Å². The number of rotatable bonds is 5. The third kappa shape index (κ3) is 2.97. The van der Waals surface area contributed by atoms with Gasteiger partial charge >= 0.3 is 0 Å². The van der Waals surface area contributed by atoms with Crippen LogP contribution in [-0.4, -0.2) is 53.2 Å². The molecule has 140 valence electrons. The van der Waals surface area contributed by atoms with Crippen LogP contribution in [0.25, 0.3) is 21.9 Å². The Balaban J connectivity index is 1.93. The Hall–Kier alpha value is -2.49. The lowest BCUT2D eigenvalue weighted by molar-refractivity contribution is 0.315. The minimum Gasteiger partial charge on any atom is -0.309 e. The molecule has 0 N–H and O–H groups in total. The maximum absolute atomic E-state index is 13.4. The van der Waals surface area contributed by atoms with Crippen molar-refractivity contribution in [2.75, 3.05) is 20.6 Å². The zero-order chi connectivity index (χ0) is 19.2. The molecule has 1 aromatic carbocycles. The quantitative estimate of drug-likeness (QED) is 0.503. The van der Waals surface area contributed by atoms with E-state index in [9.17, 15) is 8.42 Å². The number of pyridine rings is 1. The monoisotopic (exact) mass is 405 g/mol. The fourth-order valence-electron chi connectivity index (χ4n) is 2.98. The number of halogens is 1. The molecule has 27 heavy (non-hydrogen) atoms. The van der Waals surface area contributed by atoms with Crippen LogP contribution in [0.2, 0.25) is 5.02 Å². The van der Waals surface area contributed by atoms with Crippen molar-refractivity contribution < 1.29 is 13.0 Å². The van der Waals surface area contributed by atoms with Crippen LogP contribution in [0.1, 0.15) is 5.56 Å². The molecule has 0 unspecified atom stereocenters. The first-order valence-electron chi connectivity index (χ1n) is 8.14. The van der Waals surface area contributed by atoms with E-state index in [0.717, 1.165) is 17.5 Å². The van der Waals surface area contributed by atoms with Gasteiger partial charge in [0.1, 0.15) is 4.90 Å². The van der Waals surface area contributed by atoms with E-state index in [1.165, 1.54) is 16.1 Å². The second kappa shape index (κ2) is 6.59. The van der Waals surface area contributed by atoms with E-state index in [2.05, 4.69) is 15.3 Å². The SMILES string of the molecule is CN(C)CCc1cn(S(=O)(=O)c2ccc(Cl)c3nonc23)c2cnccc12. The standard InChI is InChI=1S/C17H16ClN5O3S/c1-22(2)8-6-11-10-23(14-9-19-7-5-12(11)14)27(24,25)15-4-3-13(18)16-17(15)21-26-20-16/h3-5,7,9-10H,6,8H2,1-2H3. The molecule has 0 saturated heterocycles. The van der Waals surface area contributed by atoms with E-state index in [4.69, 9.17) is 16.2 Å². The highest BCUT2D eigenvalue weighted by Crippen LogP contribution is 2.31. The highest BCUT2D eigenvalue weighted by Gasteiger charge is 2.26. The molecule has 0 radical (unpaired) electrons. The summed E-state index contributed by atoms with van der Waals surface area (Å²) in [4.78, 5) is 6.11. The minimum atomic E-state index is -3.95. The zero-order valence-electron chi connectivity index (χ0n) is 14.6. The van der Waals surface area contributed by atoms with Crippen molar-refractivity contribution in [3.63, 3.8) is 0 Å². The molecule has 3 heterocycles. The molecule has 0 saturated carbocycles. The molecule has 0 aliphatic rings. The van der Waals surface area contributed by atoms with Gasteiger partial charge in [-0.3, -0.25) is 4.98 Å². The van der Waals surface area contributed by atoms with Gasteiger partial charge in [0.2, 0.25) is 0 Å². The summed E-state index contributed by atoms with van der Waals surface area (Å²) in [6.07, 6.45) is 5.54. The Kier molecular flexibility index (Phi) is 4.37. The number of benzene rings is 1. The summed E-state index contributed by atoms with van der Waals surface area (Å²) in [5.41, 5.74) is 1.74. The van der Waals surface area contributed by atoms with Crippen molar-refractivity contribution in [1.29, 1.82) is 0 Å². The first-order chi connectivity index (χ1) is 12.9. The third-order valence-electron chi connectivity index (χ3n) is 4.35. The Bertz CT molecular complexity index is 1250. The van der Waals surface area contributed by atoms with Crippen molar-refractivity contribution in [1.82, 2.24) is 24.2 Å².